The summed E-state index contributed by atoms with van der Waals surface area (Å²) >= 11 is 0. The third kappa shape index (κ3) is 2.38. The molecule has 0 fully saturated rings. The Kier molecular flexibility index (Phi) is 3.35. The van der Waals surface area contributed by atoms with Crippen LogP contribution in [-0.2, 0) is 4.74 Å². The molecule has 0 amide bonds. The molecule has 1 aliphatic heterocycles. The van der Waals surface area contributed by atoms with E-state index in [1.165, 1.54) is 11.1 Å². The number of allylic oxidation sites excluding steroid dienone is 2. The maximum absolute atomic E-state index is 9.05. The van der Waals surface area contributed by atoms with E-state index in [1.54, 1.807) is 6.26 Å². The summed E-state index contributed by atoms with van der Waals surface area (Å²) in [5.41, 5.74) is 2.53. The van der Waals surface area contributed by atoms with Crippen molar-refractivity contribution in [2.45, 2.75) is 20.3 Å². The number of aliphatic hydroxyl groups is 1. The van der Waals surface area contributed by atoms with Crippen molar-refractivity contribution in [3.8, 4) is 0 Å². The summed E-state index contributed by atoms with van der Waals surface area (Å²) < 4.78 is 4.93. The first-order valence-corrected chi connectivity index (χ1v) is 4.28. The standard InChI is InChI=1S/C10H16O2/c1-8(2)3-4-9(5-11)10-6-12-7-10/h3,6,9,11H,4-5,7H2,1-2H3/t9-/m0/s1. The lowest BCUT2D eigenvalue weighted by Crippen LogP contribution is -2.18. The first-order chi connectivity index (χ1) is 5.74. The average molecular weight is 168 g/mol. The van der Waals surface area contributed by atoms with Gasteiger partial charge in [0.1, 0.15) is 6.61 Å². The minimum atomic E-state index is 0.221. The monoisotopic (exact) mass is 168 g/mol. The van der Waals surface area contributed by atoms with Gasteiger partial charge in [0.2, 0.25) is 0 Å². The van der Waals surface area contributed by atoms with Crippen molar-refractivity contribution >= 4 is 0 Å². The molecule has 1 N–H and O–H groups in total. The number of ether oxygens (including phenoxy) is 1. The Morgan fingerprint density at radius 1 is 1.75 bits per heavy atom. The number of hydrogen-bond acceptors (Lipinski definition) is 2. The molecule has 0 aromatic carbocycles. The smallest absolute Gasteiger partial charge is 0.112 e. The molecule has 2 nitrogen and oxygen atoms in total. The Morgan fingerprint density at radius 2 is 2.42 bits per heavy atom. The molecule has 12 heavy (non-hydrogen) atoms. The molecule has 0 unspecified atom stereocenters. The van der Waals surface area contributed by atoms with Gasteiger partial charge in [-0.2, -0.15) is 0 Å². The third-order valence-corrected chi connectivity index (χ3v) is 2.04. The summed E-state index contributed by atoms with van der Waals surface area (Å²) in [5.74, 6) is 0.272. The maximum Gasteiger partial charge on any atom is 0.112 e. The fraction of sp³-hybridized carbons (Fsp3) is 0.600. The normalized spacial score (nSPS) is 17.1. The summed E-state index contributed by atoms with van der Waals surface area (Å²) in [5, 5.41) is 9.05. The zero-order valence-electron chi connectivity index (χ0n) is 7.71. The minimum Gasteiger partial charge on any atom is -0.497 e. The first-order valence-electron chi connectivity index (χ1n) is 4.28. The zero-order chi connectivity index (χ0) is 8.97. The molecule has 1 aliphatic rings. The maximum atomic E-state index is 9.05. The lowest BCUT2D eigenvalue weighted by atomic mass is 9.95. The average Bonchev–Trinajstić information content (AvgIpc) is 1.93. The van der Waals surface area contributed by atoms with Gasteiger partial charge in [0.25, 0.3) is 0 Å². The van der Waals surface area contributed by atoms with Crippen LogP contribution in [0.2, 0.25) is 0 Å². The van der Waals surface area contributed by atoms with E-state index in [-0.39, 0.29) is 12.5 Å². The highest BCUT2D eigenvalue weighted by molar-refractivity contribution is 5.12. The van der Waals surface area contributed by atoms with Gasteiger partial charge < -0.3 is 9.84 Å². The van der Waals surface area contributed by atoms with Crippen molar-refractivity contribution in [3.63, 3.8) is 0 Å². The van der Waals surface area contributed by atoms with E-state index in [1.807, 2.05) is 0 Å². The van der Waals surface area contributed by atoms with Gasteiger partial charge in [0.05, 0.1) is 12.9 Å². The molecule has 0 saturated heterocycles. The van der Waals surface area contributed by atoms with Crippen LogP contribution >= 0.6 is 0 Å². The van der Waals surface area contributed by atoms with Crippen molar-refractivity contribution in [1.82, 2.24) is 0 Å². The molecular formula is C10H16O2. The first kappa shape index (κ1) is 9.33. The van der Waals surface area contributed by atoms with Crippen LogP contribution in [0, 0.1) is 5.92 Å². The minimum absolute atomic E-state index is 0.221. The van der Waals surface area contributed by atoms with Crippen LogP contribution in [-0.4, -0.2) is 18.3 Å². The summed E-state index contributed by atoms with van der Waals surface area (Å²) in [6.07, 6.45) is 4.83. The molecule has 0 aromatic rings. The van der Waals surface area contributed by atoms with Crippen LogP contribution < -0.4 is 0 Å². The third-order valence-electron chi connectivity index (χ3n) is 2.04. The van der Waals surface area contributed by atoms with Gasteiger partial charge in [0.15, 0.2) is 0 Å². The van der Waals surface area contributed by atoms with E-state index in [9.17, 15) is 0 Å². The molecule has 0 spiro atoms. The Labute approximate surface area is 73.5 Å². The number of hydrogen-bond donors (Lipinski definition) is 1. The molecule has 0 radical (unpaired) electrons. The van der Waals surface area contributed by atoms with E-state index in [4.69, 9.17) is 9.84 Å². The van der Waals surface area contributed by atoms with Gasteiger partial charge in [-0.25, -0.2) is 0 Å². The predicted octanol–water partition coefficient (Wildman–Crippen LogP) is 1.87. The summed E-state index contributed by atoms with van der Waals surface area (Å²) in [7, 11) is 0. The second kappa shape index (κ2) is 4.31. The largest absolute Gasteiger partial charge is 0.497 e. The van der Waals surface area contributed by atoms with Crippen molar-refractivity contribution < 1.29 is 9.84 Å². The molecule has 0 aromatic heterocycles. The fourth-order valence-corrected chi connectivity index (χ4v) is 1.11. The zero-order valence-corrected chi connectivity index (χ0v) is 7.71. The molecule has 1 heterocycles. The Hall–Kier alpha value is -0.760. The van der Waals surface area contributed by atoms with E-state index < -0.39 is 0 Å². The molecule has 2 heteroatoms. The SMILES string of the molecule is CC(C)=CC[C@@H](CO)C1=COC1. The van der Waals surface area contributed by atoms with Gasteiger partial charge in [-0.05, 0) is 20.3 Å². The van der Waals surface area contributed by atoms with Gasteiger partial charge in [-0.1, -0.05) is 11.6 Å². The van der Waals surface area contributed by atoms with Crippen LogP contribution in [0.1, 0.15) is 20.3 Å². The van der Waals surface area contributed by atoms with Crippen molar-refractivity contribution in [2.24, 2.45) is 5.92 Å². The Bertz CT molecular complexity index is 200. The summed E-state index contributed by atoms with van der Waals surface area (Å²) in [4.78, 5) is 0. The van der Waals surface area contributed by atoms with Crippen LogP contribution in [0.25, 0.3) is 0 Å². The van der Waals surface area contributed by atoms with E-state index in [2.05, 4.69) is 19.9 Å². The van der Waals surface area contributed by atoms with Gasteiger partial charge >= 0.3 is 0 Å². The van der Waals surface area contributed by atoms with Gasteiger partial charge in [-0.3, -0.25) is 0 Å². The molecule has 0 bridgehead atoms. The second-order valence-corrected chi connectivity index (χ2v) is 3.40. The Balaban J connectivity index is 2.40. The topological polar surface area (TPSA) is 29.5 Å². The van der Waals surface area contributed by atoms with Crippen molar-refractivity contribution in [1.29, 1.82) is 0 Å². The van der Waals surface area contributed by atoms with Crippen LogP contribution in [0.4, 0.5) is 0 Å². The lowest BCUT2D eigenvalue weighted by Gasteiger charge is -2.22. The second-order valence-electron chi connectivity index (χ2n) is 3.40. The molecular weight excluding hydrogens is 152 g/mol. The fourth-order valence-electron chi connectivity index (χ4n) is 1.11. The molecule has 1 atom stereocenters. The summed E-state index contributed by atoms with van der Waals surface area (Å²) in [6.45, 7) is 5.06. The van der Waals surface area contributed by atoms with Crippen molar-refractivity contribution in [3.05, 3.63) is 23.5 Å². The highest BCUT2D eigenvalue weighted by Gasteiger charge is 2.17. The number of aliphatic hydroxyl groups excluding tert-OH is 1. The summed E-state index contributed by atoms with van der Waals surface area (Å²) in [6, 6.07) is 0. The van der Waals surface area contributed by atoms with E-state index in [0.29, 0.717) is 6.61 Å². The van der Waals surface area contributed by atoms with E-state index in [0.717, 1.165) is 6.42 Å². The van der Waals surface area contributed by atoms with Crippen LogP contribution in [0.15, 0.2) is 23.5 Å². The lowest BCUT2D eigenvalue weighted by molar-refractivity contribution is 0.172. The Morgan fingerprint density at radius 3 is 2.75 bits per heavy atom. The van der Waals surface area contributed by atoms with Crippen LogP contribution in [0.3, 0.4) is 0 Å². The molecule has 1 rings (SSSR count). The number of rotatable bonds is 4. The van der Waals surface area contributed by atoms with E-state index >= 15 is 0 Å². The van der Waals surface area contributed by atoms with Crippen molar-refractivity contribution in [2.75, 3.05) is 13.2 Å². The quantitative estimate of drug-likeness (QED) is 0.649. The molecule has 0 saturated carbocycles. The van der Waals surface area contributed by atoms with Crippen LogP contribution in [0.5, 0.6) is 0 Å². The highest BCUT2D eigenvalue weighted by atomic mass is 16.5. The highest BCUT2D eigenvalue weighted by Crippen LogP contribution is 2.22. The van der Waals surface area contributed by atoms with Gasteiger partial charge in [0, 0.05) is 11.5 Å². The predicted molar refractivity (Wildman–Crippen MR) is 48.7 cm³/mol. The molecule has 0 aliphatic carbocycles. The van der Waals surface area contributed by atoms with Gasteiger partial charge in [-0.15, -0.1) is 0 Å². The molecule has 68 valence electrons.